The zero-order valence-corrected chi connectivity index (χ0v) is 10.8. The van der Waals surface area contributed by atoms with Crippen molar-refractivity contribution in [2.45, 2.75) is 37.8 Å². The standard InChI is InChI=1S/C12H18N6O/c1-13-12-16-10(9-6-14-18-11(9)17-12)15-7-2-4-8(19)5-3-7/h6-8,19H,2-5H2,1H3,(H3,13,14,15,16,17,18). The Morgan fingerprint density at radius 1 is 1.26 bits per heavy atom. The van der Waals surface area contributed by atoms with Crippen LogP contribution in [0.3, 0.4) is 0 Å². The number of hydrogen-bond donors (Lipinski definition) is 4. The molecule has 0 bridgehead atoms. The lowest BCUT2D eigenvalue weighted by molar-refractivity contribution is 0.126. The molecule has 0 atom stereocenters. The first-order valence-corrected chi connectivity index (χ1v) is 6.59. The average molecular weight is 262 g/mol. The Hall–Kier alpha value is -1.89. The first-order chi connectivity index (χ1) is 9.26. The van der Waals surface area contributed by atoms with Crippen LogP contribution in [0.2, 0.25) is 0 Å². The summed E-state index contributed by atoms with van der Waals surface area (Å²) >= 11 is 0. The summed E-state index contributed by atoms with van der Waals surface area (Å²) in [4.78, 5) is 8.75. The van der Waals surface area contributed by atoms with E-state index in [0.29, 0.717) is 12.0 Å². The second-order valence-corrected chi connectivity index (χ2v) is 4.93. The minimum atomic E-state index is -0.148. The molecule has 0 aliphatic heterocycles. The van der Waals surface area contributed by atoms with Crippen molar-refractivity contribution in [1.82, 2.24) is 20.2 Å². The highest BCUT2D eigenvalue weighted by atomic mass is 16.3. The summed E-state index contributed by atoms with van der Waals surface area (Å²) in [6.07, 6.45) is 5.19. The van der Waals surface area contributed by atoms with Crippen molar-refractivity contribution in [2.24, 2.45) is 0 Å². The summed E-state index contributed by atoms with van der Waals surface area (Å²) in [5.41, 5.74) is 0.720. The van der Waals surface area contributed by atoms with Crippen molar-refractivity contribution in [3.05, 3.63) is 6.20 Å². The molecule has 0 radical (unpaired) electrons. The lowest BCUT2D eigenvalue weighted by Gasteiger charge is -2.26. The Labute approximate surface area is 110 Å². The van der Waals surface area contributed by atoms with Crippen LogP contribution in [0.15, 0.2) is 6.20 Å². The second-order valence-electron chi connectivity index (χ2n) is 4.93. The van der Waals surface area contributed by atoms with Gasteiger partial charge in [0.15, 0.2) is 5.65 Å². The van der Waals surface area contributed by atoms with Gasteiger partial charge in [-0.15, -0.1) is 0 Å². The number of fused-ring (bicyclic) bond motifs is 1. The van der Waals surface area contributed by atoms with Crippen molar-refractivity contribution in [3.63, 3.8) is 0 Å². The molecule has 0 aromatic carbocycles. The van der Waals surface area contributed by atoms with Crippen molar-refractivity contribution >= 4 is 22.8 Å². The highest BCUT2D eigenvalue weighted by Gasteiger charge is 2.20. The maximum atomic E-state index is 9.54. The molecular weight excluding hydrogens is 244 g/mol. The second kappa shape index (κ2) is 5.00. The molecule has 0 amide bonds. The van der Waals surface area contributed by atoms with Gasteiger partial charge in [-0.1, -0.05) is 0 Å². The maximum Gasteiger partial charge on any atom is 0.226 e. The van der Waals surface area contributed by atoms with Gasteiger partial charge >= 0.3 is 0 Å². The predicted molar refractivity (Wildman–Crippen MR) is 73.1 cm³/mol. The van der Waals surface area contributed by atoms with Crippen LogP contribution in [0.4, 0.5) is 11.8 Å². The lowest BCUT2D eigenvalue weighted by Crippen LogP contribution is -2.28. The van der Waals surface area contributed by atoms with Gasteiger partial charge in [-0.3, -0.25) is 5.10 Å². The fraction of sp³-hybridized carbons (Fsp3) is 0.583. The summed E-state index contributed by atoms with van der Waals surface area (Å²) in [7, 11) is 1.79. The molecule has 1 aliphatic carbocycles. The van der Waals surface area contributed by atoms with E-state index in [2.05, 4.69) is 30.8 Å². The van der Waals surface area contributed by atoms with Crippen molar-refractivity contribution in [3.8, 4) is 0 Å². The smallest absolute Gasteiger partial charge is 0.226 e. The van der Waals surface area contributed by atoms with E-state index in [-0.39, 0.29) is 6.10 Å². The quantitative estimate of drug-likeness (QED) is 0.661. The number of rotatable bonds is 3. The molecule has 2 aromatic rings. The van der Waals surface area contributed by atoms with E-state index in [0.717, 1.165) is 42.5 Å². The molecule has 4 N–H and O–H groups in total. The minimum Gasteiger partial charge on any atom is -0.393 e. The van der Waals surface area contributed by atoms with E-state index in [1.807, 2.05) is 0 Å². The number of aromatic amines is 1. The van der Waals surface area contributed by atoms with Gasteiger partial charge in [0, 0.05) is 13.1 Å². The van der Waals surface area contributed by atoms with Gasteiger partial charge in [-0.2, -0.15) is 15.1 Å². The molecule has 7 nitrogen and oxygen atoms in total. The molecule has 2 heterocycles. The van der Waals surface area contributed by atoms with Gasteiger partial charge in [0.05, 0.1) is 17.7 Å². The molecule has 7 heteroatoms. The third-order valence-corrected chi connectivity index (χ3v) is 3.57. The molecule has 19 heavy (non-hydrogen) atoms. The number of aromatic nitrogens is 4. The lowest BCUT2D eigenvalue weighted by atomic mass is 9.93. The van der Waals surface area contributed by atoms with Crippen LogP contribution in [0, 0.1) is 0 Å². The van der Waals surface area contributed by atoms with Crippen LogP contribution < -0.4 is 10.6 Å². The fourth-order valence-corrected chi connectivity index (χ4v) is 2.47. The van der Waals surface area contributed by atoms with Gasteiger partial charge in [0.25, 0.3) is 0 Å². The fourth-order valence-electron chi connectivity index (χ4n) is 2.47. The Balaban J connectivity index is 1.85. The molecule has 1 aliphatic rings. The number of aliphatic hydroxyl groups excluding tert-OH is 1. The number of hydrogen-bond acceptors (Lipinski definition) is 6. The Bertz CT molecular complexity index is 560. The van der Waals surface area contributed by atoms with Crippen molar-refractivity contribution < 1.29 is 5.11 Å². The molecule has 0 unspecified atom stereocenters. The normalized spacial score (nSPS) is 23.5. The zero-order valence-electron chi connectivity index (χ0n) is 10.8. The largest absolute Gasteiger partial charge is 0.393 e. The van der Waals surface area contributed by atoms with E-state index in [1.54, 1.807) is 13.2 Å². The average Bonchev–Trinajstić information content (AvgIpc) is 2.89. The SMILES string of the molecule is CNc1nc(NC2CCC(O)CC2)c2cn[nH]c2n1. The highest BCUT2D eigenvalue weighted by molar-refractivity contribution is 5.87. The first-order valence-electron chi connectivity index (χ1n) is 6.59. The maximum absolute atomic E-state index is 9.54. The van der Waals surface area contributed by atoms with Gasteiger partial charge < -0.3 is 15.7 Å². The van der Waals surface area contributed by atoms with E-state index in [9.17, 15) is 5.11 Å². The summed E-state index contributed by atoms with van der Waals surface area (Å²) in [5.74, 6) is 1.36. The van der Waals surface area contributed by atoms with Gasteiger partial charge in [-0.25, -0.2) is 0 Å². The van der Waals surface area contributed by atoms with E-state index < -0.39 is 0 Å². The number of nitrogens with zero attached hydrogens (tertiary/aromatic N) is 3. The van der Waals surface area contributed by atoms with Gasteiger partial charge in [0.1, 0.15) is 5.82 Å². The summed E-state index contributed by atoms with van der Waals surface area (Å²) in [5, 5.41) is 23.7. The molecule has 2 aromatic heterocycles. The number of aliphatic hydroxyl groups is 1. The Morgan fingerprint density at radius 3 is 2.79 bits per heavy atom. The van der Waals surface area contributed by atoms with Gasteiger partial charge in [-0.05, 0) is 25.7 Å². The third-order valence-electron chi connectivity index (χ3n) is 3.57. The van der Waals surface area contributed by atoms with Crippen LogP contribution in [0.25, 0.3) is 11.0 Å². The molecular formula is C12H18N6O. The Morgan fingerprint density at radius 2 is 2.05 bits per heavy atom. The summed E-state index contributed by atoms with van der Waals surface area (Å²) in [6.45, 7) is 0. The Kier molecular flexibility index (Phi) is 3.20. The van der Waals surface area contributed by atoms with Crippen LogP contribution in [-0.2, 0) is 0 Å². The molecule has 0 saturated heterocycles. The molecule has 1 fully saturated rings. The summed E-state index contributed by atoms with van der Waals surface area (Å²) in [6, 6.07) is 0.348. The van der Waals surface area contributed by atoms with Crippen LogP contribution in [0.5, 0.6) is 0 Å². The topological polar surface area (TPSA) is 98.8 Å². The van der Waals surface area contributed by atoms with Crippen LogP contribution in [-0.4, -0.2) is 44.5 Å². The van der Waals surface area contributed by atoms with Gasteiger partial charge in [0.2, 0.25) is 5.95 Å². The highest BCUT2D eigenvalue weighted by Crippen LogP contribution is 2.25. The van der Waals surface area contributed by atoms with E-state index in [1.165, 1.54) is 0 Å². The number of nitrogens with one attached hydrogen (secondary N) is 3. The zero-order chi connectivity index (χ0) is 13.2. The third kappa shape index (κ3) is 2.46. The van der Waals surface area contributed by atoms with E-state index in [4.69, 9.17) is 0 Å². The van der Waals surface area contributed by atoms with Crippen molar-refractivity contribution in [1.29, 1.82) is 0 Å². The molecule has 3 rings (SSSR count). The first kappa shape index (κ1) is 12.2. The molecule has 1 saturated carbocycles. The molecule has 0 spiro atoms. The number of anilines is 2. The minimum absolute atomic E-state index is 0.148. The van der Waals surface area contributed by atoms with Crippen molar-refractivity contribution in [2.75, 3.05) is 17.7 Å². The van der Waals surface area contributed by atoms with Crippen LogP contribution in [0.1, 0.15) is 25.7 Å². The molecule has 102 valence electrons. The van der Waals surface area contributed by atoms with E-state index >= 15 is 0 Å². The number of H-pyrrole nitrogens is 1. The van der Waals surface area contributed by atoms with Crippen LogP contribution >= 0.6 is 0 Å². The summed E-state index contributed by atoms with van der Waals surface area (Å²) < 4.78 is 0. The predicted octanol–water partition coefficient (Wildman–Crippen LogP) is 1.11. The monoisotopic (exact) mass is 262 g/mol.